The van der Waals surface area contributed by atoms with Crippen molar-refractivity contribution in [1.29, 1.82) is 0 Å². The second kappa shape index (κ2) is 9.66. The number of primary amides is 1. The summed E-state index contributed by atoms with van der Waals surface area (Å²) in [6, 6.07) is 14.9. The summed E-state index contributed by atoms with van der Waals surface area (Å²) >= 11 is 1.20. The number of aromatic nitrogens is 1. The van der Waals surface area contributed by atoms with Crippen molar-refractivity contribution in [3.8, 4) is 11.5 Å². The molecule has 0 saturated heterocycles. The number of nitrogens with one attached hydrogen (secondary N) is 1. The van der Waals surface area contributed by atoms with Crippen LogP contribution in [0.3, 0.4) is 0 Å². The van der Waals surface area contributed by atoms with Crippen LogP contribution in [0.4, 0.5) is 5.69 Å². The average molecular weight is 436 g/mol. The van der Waals surface area contributed by atoms with Crippen LogP contribution in [-0.2, 0) is 4.79 Å². The van der Waals surface area contributed by atoms with Gasteiger partial charge >= 0.3 is 0 Å². The minimum Gasteiger partial charge on any atom is -0.457 e. The third kappa shape index (κ3) is 5.64. The highest BCUT2D eigenvalue weighted by atomic mass is 32.2. The summed E-state index contributed by atoms with van der Waals surface area (Å²) in [7, 11) is 0. The summed E-state index contributed by atoms with van der Waals surface area (Å²) in [5, 5.41) is 3.32. The first-order valence-electron chi connectivity index (χ1n) is 9.79. The fourth-order valence-corrected chi connectivity index (χ4v) is 3.93. The third-order valence-corrected chi connectivity index (χ3v) is 5.92. The summed E-state index contributed by atoms with van der Waals surface area (Å²) in [5.74, 6) is 0.791. The van der Waals surface area contributed by atoms with Gasteiger partial charge in [0.05, 0.1) is 11.3 Å². The molecule has 0 unspecified atom stereocenters. The Balaban J connectivity index is 1.61. The molecular formula is C24H25N3O3S. The van der Waals surface area contributed by atoms with Gasteiger partial charge in [-0.05, 0) is 75.2 Å². The molecule has 1 aromatic heterocycles. The number of carbonyl (C=O) groups is 2. The molecule has 0 aliphatic heterocycles. The number of carbonyl (C=O) groups excluding carboxylic acids is 2. The van der Waals surface area contributed by atoms with Crippen molar-refractivity contribution < 1.29 is 14.3 Å². The Hall–Kier alpha value is -3.32. The van der Waals surface area contributed by atoms with Crippen molar-refractivity contribution in [3.05, 3.63) is 76.5 Å². The highest BCUT2D eigenvalue weighted by molar-refractivity contribution is 8.00. The lowest BCUT2D eigenvalue weighted by atomic mass is 10.0. The number of rotatable bonds is 7. The van der Waals surface area contributed by atoms with E-state index in [4.69, 9.17) is 10.5 Å². The molecule has 6 nitrogen and oxygen atoms in total. The van der Waals surface area contributed by atoms with Crippen molar-refractivity contribution in [1.82, 2.24) is 4.98 Å². The van der Waals surface area contributed by atoms with E-state index in [0.29, 0.717) is 22.0 Å². The molecule has 1 heterocycles. The standard InChI is InChI=1S/C24H25N3O3S/c1-14-5-9-19(10-6-14)30-20-11-7-18(8-12-20)27-21(28)13-31-24-22(23(25)29)16(3)15(2)17(4)26-24/h5-12H,13H2,1-4H3,(H2,25,29)(H,27,28). The maximum Gasteiger partial charge on any atom is 0.251 e. The van der Waals surface area contributed by atoms with Crippen LogP contribution >= 0.6 is 11.8 Å². The van der Waals surface area contributed by atoms with E-state index in [1.165, 1.54) is 11.8 Å². The molecule has 7 heteroatoms. The second-order valence-corrected chi connectivity index (χ2v) is 8.23. The van der Waals surface area contributed by atoms with Gasteiger partial charge in [0.25, 0.3) is 5.91 Å². The molecule has 0 spiro atoms. The van der Waals surface area contributed by atoms with Crippen molar-refractivity contribution >= 4 is 29.3 Å². The lowest BCUT2D eigenvalue weighted by Crippen LogP contribution is -2.18. The molecule has 160 valence electrons. The van der Waals surface area contributed by atoms with Crippen molar-refractivity contribution in [2.24, 2.45) is 5.73 Å². The van der Waals surface area contributed by atoms with E-state index in [2.05, 4.69) is 10.3 Å². The Morgan fingerprint density at radius 1 is 0.935 bits per heavy atom. The van der Waals surface area contributed by atoms with Gasteiger partial charge in [-0.15, -0.1) is 0 Å². The first-order valence-corrected chi connectivity index (χ1v) is 10.8. The molecule has 2 aromatic carbocycles. The number of anilines is 1. The van der Waals surface area contributed by atoms with Crippen LogP contribution in [-0.4, -0.2) is 22.6 Å². The van der Waals surface area contributed by atoms with Gasteiger partial charge in [-0.1, -0.05) is 29.5 Å². The van der Waals surface area contributed by atoms with E-state index in [-0.39, 0.29) is 11.7 Å². The van der Waals surface area contributed by atoms with Gasteiger partial charge in [0, 0.05) is 11.4 Å². The SMILES string of the molecule is Cc1ccc(Oc2ccc(NC(=O)CSc3nc(C)c(C)c(C)c3C(N)=O)cc2)cc1. The third-order valence-electron chi connectivity index (χ3n) is 4.94. The molecule has 0 aliphatic rings. The Bertz CT molecular complexity index is 1110. The Morgan fingerprint density at radius 3 is 2.10 bits per heavy atom. The Morgan fingerprint density at radius 2 is 1.52 bits per heavy atom. The quantitative estimate of drug-likeness (QED) is 0.513. The fraction of sp³-hybridized carbons (Fsp3) is 0.208. The van der Waals surface area contributed by atoms with Gasteiger partial charge < -0.3 is 15.8 Å². The predicted octanol–water partition coefficient (Wildman–Crippen LogP) is 4.94. The lowest BCUT2D eigenvalue weighted by Gasteiger charge is -2.13. The largest absolute Gasteiger partial charge is 0.457 e. The first-order chi connectivity index (χ1) is 14.7. The molecule has 3 N–H and O–H groups in total. The van der Waals surface area contributed by atoms with E-state index < -0.39 is 5.91 Å². The number of ether oxygens (including phenoxy) is 1. The normalized spacial score (nSPS) is 10.6. The van der Waals surface area contributed by atoms with Gasteiger partial charge in [-0.3, -0.25) is 9.59 Å². The number of pyridine rings is 1. The van der Waals surface area contributed by atoms with Crippen LogP contribution in [0, 0.1) is 27.7 Å². The van der Waals surface area contributed by atoms with Crippen molar-refractivity contribution in [3.63, 3.8) is 0 Å². The lowest BCUT2D eigenvalue weighted by molar-refractivity contribution is -0.113. The van der Waals surface area contributed by atoms with Gasteiger partial charge in [-0.25, -0.2) is 4.98 Å². The van der Waals surface area contributed by atoms with E-state index in [1.807, 2.05) is 52.0 Å². The maximum atomic E-state index is 12.4. The summed E-state index contributed by atoms with van der Waals surface area (Å²) in [5.41, 5.74) is 10.3. The molecule has 31 heavy (non-hydrogen) atoms. The number of hydrogen-bond acceptors (Lipinski definition) is 5. The number of aryl methyl sites for hydroxylation is 2. The summed E-state index contributed by atoms with van der Waals surface area (Å²) < 4.78 is 5.80. The van der Waals surface area contributed by atoms with Gasteiger partial charge in [0.1, 0.15) is 16.5 Å². The Kier molecular flexibility index (Phi) is 6.97. The number of benzene rings is 2. The summed E-state index contributed by atoms with van der Waals surface area (Å²) in [6.07, 6.45) is 0. The molecule has 2 amide bonds. The average Bonchev–Trinajstić information content (AvgIpc) is 2.73. The minimum absolute atomic E-state index is 0.108. The topological polar surface area (TPSA) is 94.3 Å². The first kappa shape index (κ1) is 22.4. The van der Waals surface area contributed by atoms with Gasteiger partial charge in [0.2, 0.25) is 5.91 Å². The highest BCUT2D eigenvalue weighted by Crippen LogP contribution is 2.27. The monoisotopic (exact) mass is 435 g/mol. The van der Waals surface area contributed by atoms with E-state index in [0.717, 1.165) is 28.1 Å². The second-order valence-electron chi connectivity index (χ2n) is 7.27. The van der Waals surface area contributed by atoms with Gasteiger partial charge in [0.15, 0.2) is 0 Å². The predicted molar refractivity (Wildman–Crippen MR) is 124 cm³/mol. The summed E-state index contributed by atoms with van der Waals surface area (Å²) in [4.78, 5) is 28.7. The zero-order valence-corrected chi connectivity index (χ0v) is 18.8. The zero-order valence-electron chi connectivity index (χ0n) is 18.0. The smallest absolute Gasteiger partial charge is 0.251 e. The van der Waals surface area contributed by atoms with Crippen LogP contribution in [0.15, 0.2) is 53.6 Å². The van der Waals surface area contributed by atoms with Crippen molar-refractivity contribution in [2.75, 3.05) is 11.1 Å². The van der Waals surface area contributed by atoms with E-state index in [9.17, 15) is 9.59 Å². The number of hydrogen-bond donors (Lipinski definition) is 2. The number of nitrogens with zero attached hydrogens (tertiary/aromatic N) is 1. The zero-order chi connectivity index (χ0) is 22.5. The van der Waals surface area contributed by atoms with Gasteiger partial charge in [-0.2, -0.15) is 0 Å². The molecule has 3 aromatic rings. The Labute approximate surface area is 186 Å². The van der Waals surface area contributed by atoms with E-state index >= 15 is 0 Å². The molecule has 3 rings (SSSR count). The molecule has 0 radical (unpaired) electrons. The molecule has 0 fully saturated rings. The van der Waals surface area contributed by atoms with Crippen LogP contribution < -0.4 is 15.8 Å². The molecule has 0 aliphatic carbocycles. The van der Waals surface area contributed by atoms with Crippen LogP contribution in [0.25, 0.3) is 0 Å². The number of amides is 2. The summed E-state index contributed by atoms with van der Waals surface area (Å²) in [6.45, 7) is 7.63. The molecule has 0 atom stereocenters. The van der Waals surface area contributed by atoms with Crippen LogP contribution in [0.5, 0.6) is 11.5 Å². The molecule has 0 saturated carbocycles. The van der Waals surface area contributed by atoms with Crippen molar-refractivity contribution in [2.45, 2.75) is 32.7 Å². The molecular weight excluding hydrogens is 410 g/mol. The maximum absolute atomic E-state index is 12.4. The highest BCUT2D eigenvalue weighted by Gasteiger charge is 2.18. The van der Waals surface area contributed by atoms with Crippen LogP contribution in [0.1, 0.15) is 32.7 Å². The fourth-order valence-electron chi connectivity index (χ4n) is 2.99. The minimum atomic E-state index is -0.542. The number of thioether (sulfide) groups is 1. The number of nitrogens with two attached hydrogens (primary N) is 1. The van der Waals surface area contributed by atoms with Crippen LogP contribution in [0.2, 0.25) is 0 Å². The van der Waals surface area contributed by atoms with E-state index in [1.54, 1.807) is 24.3 Å². The molecule has 0 bridgehead atoms.